The Morgan fingerprint density at radius 3 is 2.57 bits per heavy atom. The van der Waals surface area contributed by atoms with Gasteiger partial charge in [0.25, 0.3) is 0 Å². The maximum Gasteiger partial charge on any atom is 0.230 e. The number of nitrogens with one attached hydrogen (secondary N) is 1. The molecular weight excluding hydrogens is 438 g/mol. The van der Waals surface area contributed by atoms with Crippen molar-refractivity contribution in [3.8, 4) is 11.3 Å². The van der Waals surface area contributed by atoms with Crippen LogP contribution in [-0.2, 0) is 15.3 Å². The molecule has 0 radical (unpaired) electrons. The van der Waals surface area contributed by atoms with Crippen LogP contribution in [0.3, 0.4) is 0 Å². The Morgan fingerprint density at radius 1 is 1.07 bits per heavy atom. The van der Waals surface area contributed by atoms with Crippen LogP contribution in [-0.4, -0.2) is 41.9 Å². The van der Waals surface area contributed by atoms with Gasteiger partial charge in [0, 0.05) is 30.0 Å². The van der Waals surface area contributed by atoms with Crippen molar-refractivity contribution in [1.29, 1.82) is 0 Å². The number of methoxy groups -OCH3 is 1. The van der Waals surface area contributed by atoms with E-state index in [-0.39, 0.29) is 11.7 Å². The lowest BCUT2D eigenvalue weighted by molar-refractivity contribution is -0.118. The number of halogens is 1. The first-order valence-electron chi connectivity index (χ1n) is 9.34. The zero-order valence-electron chi connectivity index (χ0n) is 16.5. The van der Waals surface area contributed by atoms with Gasteiger partial charge in [0.2, 0.25) is 5.91 Å². The predicted octanol–water partition coefficient (Wildman–Crippen LogP) is 4.94. The van der Waals surface area contributed by atoms with Crippen molar-refractivity contribution in [1.82, 2.24) is 15.3 Å². The van der Waals surface area contributed by atoms with Gasteiger partial charge >= 0.3 is 0 Å². The molecule has 3 rings (SSSR count). The first kappa shape index (κ1) is 22.6. The van der Waals surface area contributed by atoms with Gasteiger partial charge in [-0.2, -0.15) is 0 Å². The van der Waals surface area contributed by atoms with Gasteiger partial charge in [0.1, 0.15) is 5.03 Å². The molecule has 0 spiro atoms. The first-order valence-corrected chi connectivity index (χ1v) is 11.7. The van der Waals surface area contributed by atoms with Gasteiger partial charge in [-0.05, 0) is 23.8 Å². The molecule has 3 aromatic rings. The van der Waals surface area contributed by atoms with Crippen LogP contribution < -0.4 is 5.32 Å². The zero-order chi connectivity index (χ0) is 21.2. The lowest BCUT2D eigenvalue weighted by Crippen LogP contribution is -2.28. The van der Waals surface area contributed by atoms with Gasteiger partial charge in [-0.25, -0.2) is 9.97 Å². The van der Waals surface area contributed by atoms with E-state index in [1.54, 1.807) is 18.9 Å². The first-order chi connectivity index (χ1) is 14.6. The Balaban J connectivity index is 1.73. The number of benzene rings is 2. The monoisotopic (exact) mass is 459 g/mol. The summed E-state index contributed by atoms with van der Waals surface area (Å²) >= 11 is 8.92. The standard InChI is InChI=1S/C22H22ClN3O2S2/c1-28-12-11-24-20(27)15-29-21-13-19(17-5-3-2-4-6-17)25-22(26-21)30-14-16-7-9-18(23)10-8-16/h2-10,13H,11-12,14-15H2,1H3,(H,24,27). The third-order valence-electron chi connectivity index (χ3n) is 4.01. The van der Waals surface area contributed by atoms with Crippen LogP contribution in [0.1, 0.15) is 5.56 Å². The van der Waals surface area contributed by atoms with Crippen LogP contribution in [0.4, 0.5) is 0 Å². The van der Waals surface area contributed by atoms with E-state index in [1.165, 1.54) is 11.8 Å². The molecule has 1 heterocycles. The average molecular weight is 460 g/mol. The molecule has 0 aliphatic rings. The van der Waals surface area contributed by atoms with E-state index in [0.717, 1.165) is 27.6 Å². The van der Waals surface area contributed by atoms with Crippen molar-refractivity contribution < 1.29 is 9.53 Å². The highest BCUT2D eigenvalue weighted by atomic mass is 35.5. The van der Waals surface area contributed by atoms with Crippen LogP contribution in [0, 0.1) is 0 Å². The molecule has 1 N–H and O–H groups in total. The molecule has 30 heavy (non-hydrogen) atoms. The normalized spacial score (nSPS) is 10.7. The SMILES string of the molecule is COCCNC(=O)CSc1cc(-c2ccccc2)nc(SCc2ccc(Cl)cc2)n1. The number of hydrogen-bond donors (Lipinski definition) is 1. The maximum absolute atomic E-state index is 12.0. The lowest BCUT2D eigenvalue weighted by atomic mass is 10.1. The van der Waals surface area contributed by atoms with Crippen molar-refractivity contribution >= 4 is 41.0 Å². The third-order valence-corrected chi connectivity index (χ3v) is 6.09. The number of carbonyl (C=O) groups excluding carboxylic acids is 1. The number of nitrogens with zero attached hydrogens (tertiary/aromatic N) is 2. The van der Waals surface area contributed by atoms with E-state index in [9.17, 15) is 4.79 Å². The zero-order valence-corrected chi connectivity index (χ0v) is 18.9. The minimum absolute atomic E-state index is 0.0488. The second-order valence-electron chi connectivity index (χ2n) is 6.29. The molecule has 1 aromatic heterocycles. The fraction of sp³-hybridized carbons (Fsp3) is 0.227. The van der Waals surface area contributed by atoms with E-state index < -0.39 is 0 Å². The highest BCUT2D eigenvalue weighted by molar-refractivity contribution is 8.00. The quantitative estimate of drug-likeness (QED) is 0.200. The Labute approximate surface area is 190 Å². The van der Waals surface area contributed by atoms with Crippen LogP contribution >= 0.6 is 35.1 Å². The molecule has 0 saturated heterocycles. The summed E-state index contributed by atoms with van der Waals surface area (Å²) in [5.74, 6) is 0.972. The van der Waals surface area contributed by atoms with E-state index in [4.69, 9.17) is 21.3 Å². The van der Waals surface area contributed by atoms with Crippen LogP contribution in [0.25, 0.3) is 11.3 Å². The second kappa shape index (κ2) is 12.0. The van der Waals surface area contributed by atoms with Gasteiger partial charge in [0.05, 0.1) is 18.1 Å². The summed E-state index contributed by atoms with van der Waals surface area (Å²) < 4.78 is 4.95. The van der Waals surface area contributed by atoms with Crippen molar-refractivity contribution in [2.24, 2.45) is 0 Å². The Bertz CT molecular complexity index is 956. The largest absolute Gasteiger partial charge is 0.383 e. The van der Waals surface area contributed by atoms with E-state index in [2.05, 4.69) is 10.3 Å². The predicted molar refractivity (Wildman–Crippen MR) is 124 cm³/mol. The number of ether oxygens (including phenoxy) is 1. The fourth-order valence-corrected chi connectivity index (χ4v) is 4.24. The molecule has 0 atom stereocenters. The van der Waals surface area contributed by atoms with E-state index in [0.29, 0.717) is 23.3 Å². The highest BCUT2D eigenvalue weighted by Gasteiger charge is 2.10. The molecular formula is C22H22ClN3O2S2. The molecule has 0 aliphatic carbocycles. The molecule has 2 aromatic carbocycles. The molecule has 5 nitrogen and oxygen atoms in total. The second-order valence-corrected chi connectivity index (χ2v) is 8.66. The summed E-state index contributed by atoms with van der Waals surface area (Å²) in [4.78, 5) is 21.4. The van der Waals surface area contributed by atoms with E-state index >= 15 is 0 Å². The number of hydrogen-bond acceptors (Lipinski definition) is 6. The molecule has 156 valence electrons. The molecule has 0 saturated carbocycles. The molecule has 0 bridgehead atoms. The number of amides is 1. The third kappa shape index (κ3) is 7.32. The Morgan fingerprint density at radius 2 is 1.83 bits per heavy atom. The lowest BCUT2D eigenvalue weighted by Gasteiger charge is -2.09. The van der Waals surface area contributed by atoms with Gasteiger partial charge in [-0.15, -0.1) is 0 Å². The molecule has 0 fully saturated rings. The fourth-order valence-electron chi connectivity index (χ4n) is 2.51. The Kier molecular flexibility index (Phi) is 9.01. The van der Waals surface area contributed by atoms with Crippen molar-refractivity contribution in [2.75, 3.05) is 26.0 Å². The summed E-state index contributed by atoms with van der Waals surface area (Å²) in [6.45, 7) is 0.991. The summed E-state index contributed by atoms with van der Waals surface area (Å²) in [5.41, 5.74) is 3.00. The summed E-state index contributed by atoms with van der Waals surface area (Å²) in [7, 11) is 1.61. The van der Waals surface area contributed by atoms with Gasteiger partial charge in [-0.1, -0.05) is 77.6 Å². The number of carbonyl (C=O) groups is 1. The van der Waals surface area contributed by atoms with Crippen molar-refractivity contribution in [3.63, 3.8) is 0 Å². The smallest absolute Gasteiger partial charge is 0.230 e. The summed E-state index contributed by atoms with van der Waals surface area (Å²) in [6.07, 6.45) is 0. The highest BCUT2D eigenvalue weighted by Crippen LogP contribution is 2.28. The number of thioether (sulfide) groups is 2. The van der Waals surface area contributed by atoms with Crippen molar-refractivity contribution in [3.05, 3.63) is 71.2 Å². The number of rotatable bonds is 10. The van der Waals surface area contributed by atoms with E-state index in [1.807, 2.05) is 60.7 Å². The molecule has 1 amide bonds. The summed E-state index contributed by atoms with van der Waals surface area (Å²) in [5, 5.41) is 4.98. The molecule has 0 unspecified atom stereocenters. The van der Waals surface area contributed by atoms with Crippen LogP contribution in [0.15, 0.2) is 70.8 Å². The Hall–Kier alpha value is -2.06. The minimum atomic E-state index is -0.0488. The number of aromatic nitrogens is 2. The van der Waals surface area contributed by atoms with Crippen LogP contribution in [0.2, 0.25) is 5.02 Å². The van der Waals surface area contributed by atoms with Gasteiger partial charge < -0.3 is 10.1 Å². The average Bonchev–Trinajstić information content (AvgIpc) is 2.78. The minimum Gasteiger partial charge on any atom is -0.383 e. The maximum atomic E-state index is 12.0. The topological polar surface area (TPSA) is 64.1 Å². The van der Waals surface area contributed by atoms with Crippen molar-refractivity contribution in [2.45, 2.75) is 15.9 Å². The van der Waals surface area contributed by atoms with Crippen LogP contribution in [0.5, 0.6) is 0 Å². The molecule has 8 heteroatoms. The summed E-state index contributed by atoms with van der Waals surface area (Å²) in [6, 6.07) is 19.6. The van der Waals surface area contributed by atoms with Gasteiger partial charge in [-0.3, -0.25) is 4.79 Å². The molecule has 0 aliphatic heterocycles. The van der Waals surface area contributed by atoms with Gasteiger partial charge in [0.15, 0.2) is 5.16 Å².